The van der Waals surface area contributed by atoms with Gasteiger partial charge in [-0.1, -0.05) is 12.2 Å². The van der Waals surface area contributed by atoms with Gasteiger partial charge in [-0.15, -0.1) is 13.2 Å². The molecule has 34 heavy (non-hydrogen) atoms. The number of methoxy groups -OCH3 is 2. The molecule has 2 aromatic carbocycles. The van der Waals surface area contributed by atoms with Gasteiger partial charge >= 0.3 is 5.97 Å². The zero-order valence-corrected chi connectivity index (χ0v) is 19.2. The predicted molar refractivity (Wildman–Crippen MR) is 127 cm³/mol. The highest BCUT2D eigenvalue weighted by Gasteiger charge is 2.17. The Labute approximate surface area is 198 Å². The minimum absolute atomic E-state index is 0.165. The molecular formula is C25H28N2O7. The first kappa shape index (κ1) is 26.0. The molecule has 0 fully saturated rings. The highest BCUT2D eigenvalue weighted by Crippen LogP contribution is 2.28. The Hall–Kier alpha value is -4.27. The quantitative estimate of drug-likeness (QED) is 0.356. The molecular weight excluding hydrogens is 440 g/mol. The predicted octanol–water partition coefficient (Wildman–Crippen LogP) is 3.08. The Morgan fingerprint density at radius 3 is 2.18 bits per heavy atom. The molecule has 0 radical (unpaired) electrons. The van der Waals surface area contributed by atoms with Crippen LogP contribution in [0, 0.1) is 0 Å². The molecule has 0 saturated carbocycles. The summed E-state index contributed by atoms with van der Waals surface area (Å²) in [6.07, 6.45) is 3.15. The third kappa shape index (κ3) is 7.70. The van der Waals surface area contributed by atoms with E-state index in [1.807, 2.05) is 0 Å². The molecule has 0 aromatic heterocycles. The van der Waals surface area contributed by atoms with E-state index in [1.165, 1.54) is 30.2 Å². The lowest BCUT2D eigenvalue weighted by Gasteiger charge is -2.19. The number of carbonyl (C=O) groups is 3. The van der Waals surface area contributed by atoms with Crippen LogP contribution in [0.2, 0.25) is 0 Å². The molecule has 0 saturated heterocycles. The van der Waals surface area contributed by atoms with Gasteiger partial charge in [-0.25, -0.2) is 4.79 Å². The van der Waals surface area contributed by atoms with Gasteiger partial charge in [0.25, 0.3) is 11.8 Å². The molecule has 0 bridgehead atoms. The van der Waals surface area contributed by atoms with Crippen LogP contribution in [0.4, 0.5) is 5.69 Å². The Bertz CT molecular complexity index is 1010. The van der Waals surface area contributed by atoms with Crippen molar-refractivity contribution in [2.24, 2.45) is 0 Å². The van der Waals surface area contributed by atoms with Crippen molar-refractivity contribution >= 4 is 23.5 Å². The maximum atomic E-state index is 12.4. The molecule has 2 amide bonds. The molecule has 1 N–H and O–H groups in total. The van der Waals surface area contributed by atoms with Crippen molar-refractivity contribution in [2.45, 2.75) is 0 Å². The molecule has 0 unspecified atom stereocenters. The normalized spacial score (nSPS) is 9.94. The number of rotatable bonds is 13. The topological polar surface area (TPSA) is 103 Å². The summed E-state index contributed by atoms with van der Waals surface area (Å²) in [4.78, 5) is 38.2. The van der Waals surface area contributed by atoms with E-state index in [9.17, 15) is 14.4 Å². The number of nitrogens with zero attached hydrogens (tertiary/aromatic N) is 1. The van der Waals surface area contributed by atoms with E-state index in [-0.39, 0.29) is 35.5 Å². The van der Waals surface area contributed by atoms with Crippen molar-refractivity contribution in [3.8, 4) is 17.2 Å². The van der Waals surface area contributed by atoms with E-state index in [0.717, 1.165) is 0 Å². The molecule has 9 nitrogen and oxygen atoms in total. The van der Waals surface area contributed by atoms with Crippen molar-refractivity contribution in [1.29, 1.82) is 0 Å². The van der Waals surface area contributed by atoms with E-state index in [4.69, 9.17) is 18.9 Å². The zero-order valence-electron chi connectivity index (χ0n) is 19.2. The third-order valence-corrected chi connectivity index (χ3v) is 4.51. The van der Waals surface area contributed by atoms with Gasteiger partial charge in [0.2, 0.25) is 0 Å². The molecule has 2 aromatic rings. The second kappa shape index (κ2) is 13.3. The standard InChI is InChI=1S/C25H28N2O7/c1-5-13-27(14-6-2)24(29)17-34-25(30)18-7-12-21(22(15-18)32-4)33-16-23(28)26-19-8-10-20(31-3)11-9-19/h5-12,15H,1-2,13-14,16-17H2,3-4H3,(H,26,28). The van der Waals surface area contributed by atoms with Crippen LogP contribution in [0.5, 0.6) is 17.2 Å². The van der Waals surface area contributed by atoms with Crippen molar-refractivity contribution in [3.63, 3.8) is 0 Å². The fourth-order valence-electron chi connectivity index (χ4n) is 2.82. The Balaban J connectivity index is 1.94. The van der Waals surface area contributed by atoms with Gasteiger partial charge in [0.1, 0.15) is 5.75 Å². The van der Waals surface area contributed by atoms with E-state index < -0.39 is 12.6 Å². The Morgan fingerprint density at radius 1 is 0.912 bits per heavy atom. The van der Waals surface area contributed by atoms with Gasteiger partial charge in [0.05, 0.1) is 19.8 Å². The van der Waals surface area contributed by atoms with Gasteiger partial charge in [0, 0.05) is 18.8 Å². The molecule has 0 aliphatic rings. The number of ether oxygens (including phenoxy) is 4. The molecule has 0 heterocycles. The van der Waals surface area contributed by atoms with Crippen molar-refractivity contribution in [1.82, 2.24) is 4.90 Å². The van der Waals surface area contributed by atoms with Crippen molar-refractivity contribution < 1.29 is 33.3 Å². The second-order valence-electron chi connectivity index (χ2n) is 6.88. The number of hydrogen-bond donors (Lipinski definition) is 1. The number of anilines is 1. The molecule has 0 spiro atoms. The highest BCUT2D eigenvalue weighted by molar-refractivity contribution is 5.93. The van der Waals surface area contributed by atoms with Crippen LogP contribution in [-0.2, 0) is 14.3 Å². The van der Waals surface area contributed by atoms with Gasteiger partial charge in [-0.2, -0.15) is 0 Å². The smallest absolute Gasteiger partial charge is 0.338 e. The van der Waals surface area contributed by atoms with Crippen LogP contribution in [0.25, 0.3) is 0 Å². The zero-order chi connectivity index (χ0) is 24.9. The van der Waals surface area contributed by atoms with Gasteiger partial charge in [0.15, 0.2) is 24.7 Å². The van der Waals surface area contributed by atoms with Crippen LogP contribution in [0.3, 0.4) is 0 Å². The second-order valence-corrected chi connectivity index (χ2v) is 6.88. The number of hydrogen-bond acceptors (Lipinski definition) is 7. The van der Waals surface area contributed by atoms with Crippen LogP contribution in [-0.4, -0.2) is 63.2 Å². The molecule has 2 rings (SSSR count). The molecule has 180 valence electrons. The lowest BCUT2D eigenvalue weighted by Crippen LogP contribution is -2.35. The SMILES string of the molecule is C=CCN(CC=C)C(=O)COC(=O)c1ccc(OCC(=O)Nc2ccc(OC)cc2)c(OC)c1. The first-order valence-corrected chi connectivity index (χ1v) is 10.3. The van der Waals surface area contributed by atoms with Gasteiger partial charge in [-0.05, 0) is 42.5 Å². The first-order valence-electron chi connectivity index (χ1n) is 10.3. The monoisotopic (exact) mass is 468 g/mol. The number of nitrogens with one attached hydrogen (secondary N) is 1. The maximum Gasteiger partial charge on any atom is 0.338 e. The molecule has 0 aliphatic heterocycles. The summed E-state index contributed by atoms with van der Waals surface area (Å²) >= 11 is 0. The number of amides is 2. The van der Waals surface area contributed by atoms with Crippen LogP contribution in [0.15, 0.2) is 67.8 Å². The first-order chi connectivity index (χ1) is 16.4. The minimum Gasteiger partial charge on any atom is -0.497 e. The van der Waals surface area contributed by atoms with E-state index in [0.29, 0.717) is 24.5 Å². The van der Waals surface area contributed by atoms with Crippen molar-refractivity contribution in [2.75, 3.05) is 45.8 Å². The summed E-state index contributed by atoms with van der Waals surface area (Å²) in [6, 6.07) is 11.2. The lowest BCUT2D eigenvalue weighted by molar-refractivity contribution is -0.133. The summed E-state index contributed by atoms with van der Waals surface area (Å²) < 4.78 is 21.0. The highest BCUT2D eigenvalue weighted by atomic mass is 16.5. The van der Waals surface area contributed by atoms with E-state index in [1.54, 1.807) is 43.5 Å². The fraction of sp³-hybridized carbons (Fsp3) is 0.240. The lowest BCUT2D eigenvalue weighted by atomic mass is 10.2. The number of benzene rings is 2. The van der Waals surface area contributed by atoms with Crippen LogP contribution < -0.4 is 19.5 Å². The van der Waals surface area contributed by atoms with Crippen LogP contribution in [0.1, 0.15) is 10.4 Å². The van der Waals surface area contributed by atoms with Crippen molar-refractivity contribution in [3.05, 3.63) is 73.3 Å². The Morgan fingerprint density at radius 2 is 1.59 bits per heavy atom. The summed E-state index contributed by atoms with van der Waals surface area (Å²) in [7, 11) is 2.96. The fourth-order valence-corrected chi connectivity index (χ4v) is 2.82. The summed E-state index contributed by atoms with van der Waals surface area (Å²) in [5, 5.41) is 2.70. The molecule has 9 heteroatoms. The largest absolute Gasteiger partial charge is 0.497 e. The number of carbonyl (C=O) groups excluding carboxylic acids is 3. The Kier molecular flexibility index (Phi) is 10.2. The number of esters is 1. The summed E-state index contributed by atoms with van der Waals surface area (Å²) in [5.74, 6) is -0.276. The van der Waals surface area contributed by atoms with E-state index in [2.05, 4.69) is 18.5 Å². The average Bonchev–Trinajstić information content (AvgIpc) is 2.86. The molecule has 0 aliphatic carbocycles. The maximum absolute atomic E-state index is 12.4. The van der Waals surface area contributed by atoms with E-state index >= 15 is 0 Å². The minimum atomic E-state index is -0.701. The van der Waals surface area contributed by atoms with Crippen LogP contribution >= 0.6 is 0 Å². The average molecular weight is 469 g/mol. The third-order valence-electron chi connectivity index (χ3n) is 4.51. The summed E-state index contributed by atoms with van der Waals surface area (Å²) in [6.45, 7) is 7.12. The van der Waals surface area contributed by atoms with Gasteiger partial charge < -0.3 is 29.2 Å². The molecule has 0 atom stereocenters. The van der Waals surface area contributed by atoms with Gasteiger partial charge in [-0.3, -0.25) is 9.59 Å². The summed E-state index contributed by atoms with van der Waals surface area (Å²) in [5.41, 5.74) is 0.757.